The van der Waals surface area contributed by atoms with Crippen molar-refractivity contribution in [2.24, 2.45) is 0 Å². The van der Waals surface area contributed by atoms with Gasteiger partial charge in [0.1, 0.15) is 39.4 Å². The molecule has 4 aromatic heterocycles. The number of rotatable bonds is 15. The third-order valence-electron chi connectivity index (χ3n) is 9.08. The van der Waals surface area contributed by atoms with Gasteiger partial charge in [-0.1, -0.05) is 66.3 Å². The van der Waals surface area contributed by atoms with Gasteiger partial charge in [-0.3, -0.25) is 24.5 Å². The van der Waals surface area contributed by atoms with E-state index in [1.165, 1.54) is 62.4 Å². The Hall–Kier alpha value is -6.85. The number of halogens is 7. The van der Waals surface area contributed by atoms with Crippen LogP contribution in [-0.4, -0.2) is 54.4 Å². The molecule has 2 aromatic carbocycles. The normalized spacial score (nSPS) is 11.5. The summed E-state index contributed by atoms with van der Waals surface area (Å²) in [5.74, 6) is -3.78. The number of aromatic hydroxyl groups is 1. The number of ether oxygens (including phenoxy) is 2. The van der Waals surface area contributed by atoms with E-state index in [9.17, 15) is 50.6 Å². The highest BCUT2D eigenvalue weighted by atomic mass is 35.5. The van der Waals surface area contributed by atoms with Gasteiger partial charge in [0, 0.05) is 24.2 Å². The van der Waals surface area contributed by atoms with Gasteiger partial charge in [0.25, 0.3) is 23.6 Å². The van der Waals surface area contributed by atoms with Gasteiger partial charge in [-0.25, -0.2) is 15.0 Å². The zero-order chi connectivity index (χ0) is 47.2. The van der Waals surface area contributed by atoms with Crippen molar-refractivity contribution in [1.29, 1.82) is 0 Å². The lowest BCUT2D eigenvalue weighted by Gasteiger charge is -2.15. The van der Waals surface area contributed by atoms with Crippen LogP contribution in [0.1, 0.15) is 87.3 Å². The van der Waals surface area contributed by atoms with Crippen molar-refractivity contribution < 1.29 is 60.1 Å². The molecule has 65 heavy (non-hydrogen) atoms. The maximum atomic E-state index is 13.4. The van der Waals surface area contributed by atoms with Crippen LogP contribution in [0.2, 0.25) is 5.02 Å². The topological polar surface area (TPSA) is 207 Å². The Labute approximate surface area is 377 Å². The van der Waals surface area contributed by atoms with Gasteiger partial charge in [0.15, 0.2) is 10.9 Å². The maximum absolute atomic E-state index is 13.4. The highest BCUT2D eigenvalue weighted by Gasteiger charge is 2.34. The van der Waals surface area contributed by atoms with Gasteiger partial charge >= 0.3 is 12.5 Å². The summed E-state index contributed by atoms with van der Waals surface area (Å²) in [6.07, 6.45) is -8.23. The second kappa shape index (κ2) is 19.9. The number of nitrogens with zero attached hydrogens (tertiary/aromatic N) is 4. The Bertz CT molecular complexity index is 2760. The number of para-hydroxylation sites is 1. The molecule has 15 nitrogen and oxygen atoms in total. The fraction of sp³-hybridized carbons (Fsp3) is 0.220. The molecule has 0 aliphatic rings. The van der Waals surface area contributed by atoms with Crippen LogP contribution >= 0.6 is 34.5 Å². The van der Waals surface area contributed by atoms with Crippen molar-refractivity contribution in [2.45, 2.75) is 59.4 Å². The second-order valence-electron chi connectivity index (χ2n) is 13.6. The number of hydrogen-bond acceptors (Lipinski definition) is 13. The monoisotopic (exact) mass is 962 g/mol. The van der Waals surface area contributed by atoms with Crippen LogP contribution in [0, 0.1) is 13.8 Å². The Morgan fingerprint density at radius 3 is 2.14 bits per heavy atom. The first-order valence-corrected chi connectivity index (χ1v) is 20.8. The molecule has 0 spiro atoms. The lowest BCUT2D eigenvalue weighted by Crippen LogP contribution is -2.26. The molecule has 0 saturated heterocycles. The SMILES string of the molecule is CCc1nc(C(=O)Nc2ncc(C(=O)NCc3ccccc3C(F)(F)F)s2)cc(COc2c(Cl)cc(C(=O)Nc3snc(C)c3C(=O)NCc3ccccc3OC(F)(F)F)nc2C)c1O. The van der Waals surface area contributed by atoms with Crippen molar-refractivity contribution in [3.63, 3.8) is 0 Å². The largest absolute Gasteiger partial charge is 0.573 e. The fourth-order valence-electron chi connectivity index (χ4n) is 6.02. The zero-order valence-electron chi connectivity index (χ0n) is 33.8. The molecule has 0 bridgehead atoms. The van der Waals surface area contributed by atoms with Crippen molar-refractivity contribution >= 4 is 68.2 Å². The summed E-state index contributed by atoms with van der Waals surface area (Å²) in [6, 6.07) is 12.5. The number of carbonyl (C=O) groups excluding carboxylic acids is 4. The van der Waals surface area contributed by atoms with E-state index in [2.05, 4.69) is 45.3 Å². The lowest BCUT2D eigenvalue weighted by molar-refractivity contribution is -0.274. The van der Waals surface area contributed by atoms with Gasteiger partial charge in [-0.2, -0.15) is 17.5 Å². The number of amides is 4. The third kappa shape index (κ3) is 11.8. The van der Waals surface area contributed by atoms with Crippen LogP contribution in [0.15, 0.2) is 66.9 Å². The minimum Gasteiger partial charge on any atom is -0.506 e. The van der Waals surface area contributed by atoms with E-state index in [0.717, 1.165) is 41.2 Å². The van der Waals surface area contributed by atoms with E-state index in [1.54, 1.807) is 6.92 Å². The standard InChI is InChI=1S/C41H33ClF6N8O7S2/c1-4-26-32(57)23(13-27(53-26)35(59)55-39-51-17-30(64-39)36(60)49-15-21-9-5-7-11-24(21)40(43,44)45)18-62-33-20(3)52-28(14-25(33)42)34(58)54-38-31(19(2)56-65-38)37(61)50-16-22-10-6-8-12-29(22)63-41(46,47)48/h5-14,17,57H,4,15-16,18H2,1-3H3,(H,49,60)(H,50,61)(H,54,58)(H,51,55,59). The van der Waals surface area contributed by atoms with Gasteiger partial charge in [0.05, 0.1) is 39.4 Å². The van der Waals surface area contributed by atoms with Crippen molar-refractivity contribution in [1.82, 2.24) is 30.0 Å². The molecule has 0 radical (unpaired) electrons. The first-order valence-electron chi connectivity index (χ1n) is 18.8. The molecule has 0 atom stereocenters. The summed E-state index contributed by atoms with van der Waals surface area (Å²) >= 11 is 8.08. The van der Waals surface area contributed by atoms with Gasteiger partial charge in [0.2, 0.25) is 0 Å². The molecule has 6 rings (SSSR count). The zero-order valence-corrected chi connectivity index (χ0v) is 36.2. The molecule has 0 aliphatic carbocycles. The molecule has 0 aliphatic heterocycles. The molecule has 340 valence electrons. The van der Waals surface area contributed by atoms with Crippen molar-refractivity contribution in [3.05, 3.63) is 133 Å². The number of aryl methyl sites for hydroxylation is 3. The predicted octanol–water partition coefficient (Wildman–Crippen LogP) is 8.79. The van der Waals surface area contributed by atoms with E-state index < -0.39 is 54.0 Å². The van der Waals surface area contributed by atoms with E-state index in [0.29, 0.717) is 0 Å². The average Bonchev–Trinajstić information content (AvgIpc) is 3.87. The summed E-state index contributed by atoms with van der Waals surface area (Å²) in [6.45, 7) is 3.56. The van der Waals surface area contributed by atoms with Crippen LogP contribution in [-0.2, 0) is 32.3 Å². The molecule has 4 heterocycles. The minimum atomic E-state index is -4.95. The van der Waals surface area contributed by atoms with E-state index in [1.807, 2.05) is 0 Å². The van der Waals surface area contributed by atoms with E-state index >= 15 is 0 Å². The Kier molecular flexibility index (Phi) is 14.6. The fourth-order valence-corrected chi connectivity index (χ4v) is 7.84. The summed E-state index contributed by atoms with van der Waals surface area (Å²) in [7, 11) is 0. The lowest BCUT2D eigenvalue weighted by atomic mass is 10.1. The first-order chi connectivity index (χ1) is 30.7. The van der Waals surface area contributed by atoms with Gasteiger partial charge < -0.3 is 30.5 Å². The minimum absolute atomic E-state index is 0.00376. The smallest absolute Gasteiger partial charge is 0.506 e. The molecular weight excluding hydrogens is 930 g/mol. The number of aromatic nitrogens is 4. The molecular formula is C41H33ClF6N8O7S2. The maximum Gasteiger partial charge on any atom is 0.573 e. The second-order valence-corrected chi connectivity index (χ2v) is 15.8. The third-order valence-corrected chi connectivity index (χ3v) is 11.1. The van der Waals surface area contributed by atoms with E-state index in [4.69, 9.17) is 16.3 Å². The average molecular weight is 963 g/mol. The number of hydrogen-bond donors (Lipinski definition) is 5. The summed E-state index contributed by atoms with van der Waals surface area (Å²) < 4.78 is 92.9. The van der Waals surface area contributed by atoms with Crippen molar-refractivity contribution in [2.75, 3.05) is 10.6 Å². The Balaban J connectivity index is 1.09. The van der Waals surface area contributed by atoms with Gasteiger partial charge in [-0.05, 0) is 61.6 Å². The van der Waals surface area contributed by atoms with Crippen LogP contribution < -0.4 is 30.7 Å². The van der Waals surface area contributed by atoms with Gasteiger partial charge in [-0.15, -0.1) is 13.2 Å². The molecule has 24 heteroatoms. The molecule has 5 N–H and O–H groups in total. The number of thiazole rings is 1. The number of alkyl halides is 6. The van der Waals surface area contributed by atoms with Crippen LogP contribution in [0.25, 0.3) is 0 Å². The molecule has 0 fully saturated rings. The highest BCUT2D eigenvalue weighted by molar-refractivity contribution is 7.17. The Morgan fingerprint density at radius 2 is 1.45 bits per heavy atom. The molecule has 0 unspecified atom stereocenters. The van der Waals surface area contributed by atoms with Crippen LogP contribution in [0.3, 0.4) is 0 Å². The first kappa shape index (κ1) is 47.6. The molecule has 4 amide bonds. The number of benzene rings is 2. The summed E-state index contributed by atoms with van der Waals surface area (Å²) in [4.78, 5) is 65.2. The molecule has 0 saturated carbocycles. The van der Waals surface area contributed by atoms with Crippen molar-refractivity contribution in [3.8, 4) is 17.2 Å². The van der Waals surface area contributed by atoms with E-state index in [-0.39, 0.29) is 102 Å². The quantitative estimate of drug-likeness (QED) is 0.0615. The highest BCUT2D eigenvalue weighted by Crippen LogP contribution is 2.34. The summed E-state index contributed by atoms with van der Waals surface area (Å²) in [5, 5.41) is 20.9. The summed E-state index contributed by atoms with van der Waals surface area (Å²) in [5.41, 5.74) is -0.766. The number of carbonyl (C=O) groups is 4. The predicted molar refractivity (Wildman–Crippen MR) is 225 cm³/mol. The Morgan fingerprint density at radius 1 is 0.800 bits per heavy atom. The number of nitrogens with one attached hydrogen (secondary N) is 4. The number of pyridine rings is 2. The molecule has 6 aromatic rings. The van der Waals surface area contributed by atoms with Crippen LogP contribution in [0.4, 0.5) is 36.5 Å². The van der Waals surface area contributed by atoms with Crippen LogP contribution in [0.5, 0.6) is 17.2 Å². The number of anilines is 2.